The summed E-state index contributed by atoms with van der Waals surface area (Å²) < 4.78 is 40.4. The van der Waals surface area contributed by atoms with Crippen LogP contribution >= 0.6 is 0 Å². The van der Waals surface area contributed by atoms with Crippen LogP contribution in [0.1, 0.15) is 23.6 Å². The van der Waals surface area contributed by atoms with Gasteiger partial charge in [-0.05, 0) is 43.5 Å². The Bertz CT molecular complexity index is 1510. The number of pyridine rings is 1. The molecule has 1 fully saturated rings. The molecule has 2 N–H and O–H groups in total. The molecule has 0 unspecified atom stereocenters. The summed E-state index contributed by atoms with van der Waals surface area (Å²) in [7, 11) is -0.808. The van der Waals surface area contributed by atoms with Crippen LogP contribution in [-0.2, 0) is 16.6 Å². The number of sulfonamides is 1. The number of nitrogens with zero attached hydrogens (tertiary/aromatic N) is 2. The highest BCUT2D eigenvalue weighted by Crippen LogP contribution is 2.36. The molecule has 3 heterocycles. The number of carbonyl (C=O) groups excluding carboxylic acids is 1. The third kappa shape index (κ3) is 5.06. The predicted molar refractivity (Wildman–Crippen MR) is 144 cm³/mol. The summed E-state index contributed by atoms with van der Waals surface area (Å²) in [6.07, 6.45) is 0.852. The lowest BCUT2D eigenvalue weighted by Gasteiger charge is -2.42. The molecule has 2 bridgehead atoms. The summed E-state index contributed by atoms with van der Waals surface area (Å²) >= 11 is 0. The summed E-state index contributed by atoms with van der Waals surface area (Å²) in [5.41, 5.74) is 1.93. The molecule has 2 atom stereocenters. The van der Waals surface area contributed by atoms with Crippen molar-refractivity contribution in [3.8, 4) is 11.5 Å². The number of carbonyl (C=O) groups is 1. The molecule has 0 saturated carbocycles. The van der Waals surface area contributed by atoms with Gasteiger partial charge in [-0.3, -0.25) is 9.52 Å². The van der Waals surface area contributed by atoms with Gasteiger partial charge in [-0.25, -0.2) is 13.2 Å². The number of methoxy groups -OCH3 is 2. The van der Waals surface area contributed by atoms with Crippen molar-refractivity contribution in [2.45, 2.75) is 30.7 Å². The van der Waals surface area contributed by atoms with Crippen LogP contribution in [0.25, 0.3) is 0 Å². The number of piperidine rings is 1. The van der Waals surface area contributed by atoms with Crippen LogP contribution in [0.2, 0.25) is 0 Å². The molecule has 2 aliphatic heterocycles. The molecule has 2 aliphatic rings. The Morgan fingerprint density at radius 1 is 0.947 bits per heavy atom. The van der Waals surface area contributed by atoms with Crippen LogP contribution < -0.4 is 25.1 Å². The van der Waals surface area contributed by atoms with Crippen LogP contribution in [0.15, 0.2) is 64.3 Å². The maximum absolute atomic E-state index is 13.3. The number of aryl methyl sites for hydroxylation is 1. The number of fused-ring (bicyclic) bond motifs is 4. The Morgan fingerprint density at radius 3 is 2.29 bits per heavy atom. The second-order valence-electron chi connectivity index (χ2n) is 9.74. The minimum Gasteiger partial charge on any atom is -0.497 e. The van der Waals surface area contributed by atoms with Crippen LogP contribution in [-0.4, -0.2) is 51.2 Å². The number of rotatable bonds is 6. The molecule has 200 valence electrons. The number of hydrogen-bond donors (Lipinski definition) is 2. The lowest BCUT2D eigenvalue weighted by molar-refractivity contribution is 0.139. The standard InChI is InChI=1S/C27H30N4O6S/c1-17-4-6-23(7-5-17)38(34,35)29-24-8-9-25-19-10-18(15-31(25)26(24)32)14-30(16-19)27(33)28-20-11-21(36-2)13-22(12-20)37-3/h4-9,11-13,18-19,29H,10,14-16H2,1-3H3,(H,28,33)/t18-,19+/m0/s1. The molecule has 2 aromatic carbocycles. The molecule has 1 aromatic heterocycles. The van der Waals surface area contributed by atoms with Crippen LogP contribution in [0.5, 0.6) is 11.5 Å². The van der Waals surface area contributed by atoms with E-state index in [4.69, 9.17) is 9.47 Å². The molecule has 3 aromatic rings. The second-order valence-corrected chi connectivity index (χ2v) is 11.4. The van der Waals surface area contributed by atoms with Gasteiger partial charge in [0.05, 0.1) is 19.1 Å². The van der Waals surface area contributed by atoms with Gasteiger partial charge in [0.2, 0.25) is 0 Å². The Kier molecular flexibility index (Phi) is 6.78. The third-order valence-electron chi connectivity index (χ3n) is 7.07. The Balaban J connectivity index is 1.34. The van der Waals surface area contributed by atoms with E-state index >= 15 is 0 Å². The van der Waals surface area contributed by atoms with Crippen LogP contribution in [0.3, 0.4) is 0 Å². The van der Waals surface area contributed by atoms with E-state index in [1.54, 1.807) is 60.1 Å². The number of anilines is 2. The Labute approximate surface area is 221 Å². The van der Waals surface area contributed by atoms with Gasteiger partial charge >= 0.3 is 6.03 Å². The second kappa shape index (κ2) is 10.1. The molecular weight excluding hydrogens is 508 g/mol. The molecule has 0 spiro atoms. The fourth-order valence-corrected chi connectivity index (χ4v) is 6.25. The zero-order valence-corrected chi connectivity index (χ0v) is 22.2. The Hall–Kier alpha value is -3.99. The molecule has 38 heavy (non-hydrogen) atoms. The molecule has 1 saturated heterocycles. The largest absolute Gasteiger partial charge is 0.497 e. The molecule has 2 amide bonds. The molecule has 0 radical (unpaired) electrons. The van der Waals surface area contributed by atoms with E-state index in [2.05, 4.69) is 10.0 Å². The van der Waals surface area contributed by atoms with E-state index in [0.29, 0.717) is 36.8 Å². The number of benzene rings is 2. The van der Waals surface area contributed by atoms with Gasteiger partial charge in [0, 0.05) is 55.1 Å². The number of hydrogen-bond acceptors (Lipinski definition) is 6. The monoisotopic (exact) mass is 538 g/mol. The first-order chi connectivity index (χ1) is 18.2. The van der Waals surface area contributed by atoms with Crippen molar-refractivity contribution < 1.29 is 22.7 Å². The van der Waals surface area contributed by atoms with E-state index < -0.39 is 10.0 Å². The number of amides is 2. The van der Waals surface area contributed by atoms with E-state index in [-0.39, 0.29) is 34.0 Å². The van der Waals surface area contributed by atoms with Gasteiger partial charge < -0.3 is 24.3 Å². The topological polar surface area (TPSA) is 119 Å². The lowest BCUT2D eigenvalue weighted by Crippen LogP contribution is -2.50. The van der Waals surface area contributed by atoms with Gasteiger partial charge in [0.15, 0.2) is 0 Å². The first-order valence-corrected chi connectivity index (χ1v) is 13.8. The van der Waals surface area contributed by atoms with Crippen molar-refractivity contribution >= 4 is 27.4 Å². The summed E-state index contributed by atoms with van der Waals surface area (Å²) in [4.78, 5) is 28.3. The zero-order valence-electron chi connectivity index (χ0n) is 21.4. The summed E-state index contributed by atoms with van der Waals surface area (Å²) in [6.45, 7) is 3.20. The lowest BCUT2D eigenvalue weighted by atomic mass is 9.83. The van der Waals surface area contributed by atoms with Crippen molar-refractivity contribution in [1.29, 1.82) is 0 Å². The zero-order chi connectivity index (χ0) is 27.0. The van der Waals surface area contributed by atoms with Crippen molar-refractivity contribution in [3.05, 3.63) is 76.2 Å². The molecule has 10 nitrogen and oxygen atoms in total. The summed E-state index contributed by atoms with van der Waals surface area (Å²) in [5, 5.41) is 2.92. The summed E-state index contributed by atoms with van der Waals surface area (Å²) in [5.74, 6) is 1.16. The van der Waals surface area contributed by atoms with Crippen molar-refractivity contribution in [2.24, 2.45) is 5.92 Å². The minimum absolute atomic E-state index is 0.0101. The van der Waals surface area contributed by atoms with Gasteiger partial charge in [0.25, 0.3) is 15.6 Å². The molecule has 5 rings (SSSR count). The fraction of sp³-hybridized carbons (Fsp3) is 0.333. The van der Waals surface area contributed by atoms with E-state index in [1.165, 1.54) is 18.2 Å². The molecule has 11 heteroatoms. The van der Waals surface area contributed by atoms with Crippen molar-refractivity contribution in [2.75, 3.05) is 37.3 Å². The average molecular weight is 539 g/mol. The minimum atomic E-state index is -3.90. The Morgan fingerprint density at radius 2 is 1.63 bits per heavy atom. The maximum Gasteiger partial charge on any atom is 0.321 e. The van der Waals surface area contributed by atoms with E-state index in [9.17, 15) is 18.0 Å². The fourth-order valence-electron chi connectivity index (χ4n) is 5.19. The van der Waals surface area contributed by atoms with E-state index in [1.807, 2.05) is 6.92 Å². The number of likely N-dealkylation sites (tertiary alicyclic amines) is 1. The smallest absolute Gasteiger partial charge is 0.321 e. The summed E-state index contributed by atoms with van der Waals surface area (Å²) in [6, 6.07) is 14.7. The van der Waals surface area contributed by atoms with E-state index in [0.717, 1.165) is 17.7 Å². The highest BCUT2D eigenvalue weighted by Gasteiger charge is 2.37. The predicted octanol–water partition coefficient (Wildman–Crippen LogP) is 3.63. The van der Waals surface area contributed by atoms with Gasteiger partial charge in [-0.15, -0.1) is 0 Å². The maximum atomic E-state index is 13.3. The average Bonchev–Trinajstić information content (AvgIpc) is 2.90. The van der Waals surface area contributed by atoms with Gasteiger partial charge in [-0.2, -0.15) is 0 Å². The third-order valence-corrected chi connectivity index (χ3v) is 8.45. The molecular formula is C27H30N4O6S. The van der Waals surface area contributed by atoms with Gasteiger partial charge in [0.1, 0.15) is 17.2 Å². The van der Waals surface area contributed by atoms with Gasteiger partial charge in [-0.1, -0.05) is 17.7 Å². The first-order valence-electron chi connectivity index (χ1n) is 12.3. The highest BCUT2D eigenvalue weighted by atomic mass is 32.2. The number of nitrogens with one attached hydrogen (secondary N) is 2. The number of aromatic nitrogens is 1. The quantitative estimate of drug-likeness (QED) is 0.495. The van der Waals surface area contributed by atoms with Crippen LogP contribution in [0, 0.1) is 12.8 Å². The normalized spacial score (nSPS) is 18.3. The number of urea groups is 1. The van der Waals surface area contributed by atoms with Crippen molar-refractivity contribution in [3.63, 3.8) is 0 Å². The number of ether oxygens (including phenoxy) is 2. The van der Waals surface area contributed by atoms with Crippen molar-refractivity contribution in [1.82, 2.24) is 9.47 Å². The first kappa shape index (κ1) is 25.7. The SMILES string of the molecule is COc1cc(NC(=O)N2C[C@@H]3C[C@H](C2)c2ccc(NS(=O)(=O)c4ccc(C)cc4)c(=O)n2C3)cc(OC)c1. The van der Waals surface area contributed by atoms with Crippen LogP contribution in [0.4, 0.5) is 16.2 Å². The highest BCUT2D eigenvalue weighted by molar-refractivity contribution is 7.92. The molecule has 0 aliphatic carbocycles.